The number of anilines is 1. The molecule has 1 amide bonds. The van der Waals surface area contributed by atoms with Crippen LogP contribution in [0.2, 0.25) is 0 Å². The first-order valence-electron chi connectivity index (χ1n) is 5.45. The quantitative estimate of drug-likeness (QED) is 0.770. The van der Waals surface area contributed by atoms with Gasteiger partial charge in [-0.2, -0.15) is 0 Å². The van der Waals surface area contributed by atoms with Gasteiger partial charge in [0.15, 0.2) is 11.5 Å². The van der Waals surface area contributed by atoms with Gasteiger partial charge in [-0.15, -0.1) is 4.91 Å². The normalized spacial score (nSPS) is 11.1. The number of hydrogen-bond donors (Lipinski definition) is 0. The second-order valence-corrected chi connectivity index (χ2v) is 4.89. The van der Waals surface area contributed by atoms with Gasteiger partial charge in [0.2, 0.25) is 0 Å². The van der Waals surface area contributed by atoms with Crippen molar-refractivity contribution in [3.05, 3.63) is 28.7 Å². The summed E-state index contributed by atoms with van der Waals surface area (Å²) in [6, 6.07) is 1.35. The van der Waals surface area contributed by atoms with Crippen LogP contribution in [0.25, 0.3) is 0 Å². The van der Waals surface area contributed by atoms with E-state index in [1.807, 2.05) is 0 Å². The Morgan fingerprint density at radius 2 is 1.89 bits per heavy atom. The zero-order chi connectivity index (χ0) is 14.8. The van der Waals surface area contributed by atoms with Crippen LogP contribution in [0.5, 0.6) is 0 Å². The van der Waals surface area contributed by atoms with Crippen LogP contribution >= 0.6 is 0 Å². The molecule has 0 aliphatic carbocycles. The molecule has 0 aromatic heterocycles. The Kier molecular flexibility index (Phi) is 4.18. The molecule has 19 heavy (non-hydrogen) atoms. The molecule has 0 saturated heterocycles. The molecule has 0 N–H and O–H groups in total. The molecular weight excluding hydrogens is 258 g/mol. The average Bonchev–Trinajstić information content (AvgIpc) is 2.24. The monoisotopic (exact) mass is 272 g/mol. The van der Waals surface area contributed by atoms with E-state index in [1.54, 1.807) is 20.8 Å². The molecular formula is C12H14F2N2O3. The predicted molar refractivity (Wildman–Crippen MR) is 66.5 cm³/mol. The molecule has 0 aliphatic heterocycles. The molecule has 0 atom stereocenters. The number of carbonyl (C=O) groups is 1. The van der Waals surface area contributed by atoms with E-state index in [4.69, 9.17) is 4.74 Å². The fourth-order valence-electron chi connectivity index (χ4n) is 1.33. The first-order valence-corrected chi connectivity index (χ1v) is 5.45. The van der Waals surface area contributed by atoms with Gasteiger partial charge in [-0.1, -0.05) is 0 Å². The van der Waals surface area contributed by atoms with Crippen molar-refractivity contribution in [1.29, 1.82) is 0 Å². The maximum atomic E-state index is 13.4. The molecule has 1 rings (SSSR count). The molecule has 5 nitrogen and oxygen atoms in total. The Morgan fingerprint density at radius 3 is 2.37 bits per heavy atom. The molecule has 0 bridgehead atoms. The largest absolute Gasteiger partial charge is 0.443 e. The second-order valence-electron chi connectivity index (χ2n) is 4.89. The van der Waals surface area contributed by atoms with Crippen molar-refractivity contribution in [3.63, 3.8) is 0 Å². The topological polar surface area (TPSA) is 59.0 Å². The lowest BCUT2D eigenvalue weighted by Gasteiger charge is -2.25. The highest BCUT2D eigenvalue weighted by Crippen LogP contribution is 2.32. The number of ether oxygens (including phenoxy) is 1. The third kappa shape index (κ3) is 3.70. The van der Waals surface area contributed by atoms with Gasteiger partial charge >= 0.3 is 6.09 Å². The summed E-state index contributed by atoms with van der Waals surface area (Å²) in [5.41, 5.74) is -1.71. The highest BCUT2D eigenvalue weighted by Gasteiger charge is 2.24. The number of carbonyl (C=O) groups excluding carboxylic acids is 1. The van der Waals surface area contributed by atoms with Crippen LogP contribution in [-0.4, -0.2) is 18.7 Å². The fourth-order valence-corrected chi connectivity index (χ4v) is 1.33. The number of nitroso groups, excluding NO2 is 1. The summed E-state index contributed by atoms with van der Waals surface area (Å²) >= 11 is 0. The van der Waals surface area contributed by atoms with Crippen LogP contribution in [-0.2, 0) is 4.74 Å². The van der Waals surface area contributed by atoms with E-state index in [0.717, 1.165) is 11.0 Å². The maximum Gasteiger partial charge on any atom is 0.414 e. The molecule has 1 aromatic rings. The van der Waals surface area contributed by atoms with Crippen molar-refractivity contribution in [3.8, 4) is 0 Å². The fraction of sp³-hybridized carbons (Fsp3) is 0.417. The standard InChI is InChI=1S/C12H14F2N2O3/c1-12(2,3)19-11(17)16(4)9-6-7(13)5-8(14)10(9)15-18/h5-6H,1-4H3. The van der Waals surface area contributed by atoms with Crippen LogP contribution in [0.4, 0.5) is 25.0 Å². The highest BCUT2D eigenvalue weighted by atomic mass is 19.1. The van der Waals surface area contributed by atoms with Gasteiger partial charge in [-0.25, -0.2) is 13.6 Å². The van der Waals surface area contributed by atoms with Crippen molar-refractivity contribution in [1.82, 2.24) is 0 Å². The van der Waals surface area contributed by atoms with Gasteiger partial charge in [0.05, 0.1) is 5.69 Å². The lowest BCUT2D eigenvalue weighted by atomic mass is 10.2. The molecule has 0 saturated carbocycles. The summed E-state index contributed by atoms with van der Waals surface area (Å²) in [5.74, 6) is -2.06. The van der Waals surface area contributed by atoms with Gasteiger partial charge in [0.1, 0.15) is 11.4 Å². The van der Waals surface area contributed by atoms with Crippen LogP contribution in [0.3, 0.4) is 0 Å². The Hall–Kier alpha value is -2.05. The SMILES string of the molecule is CN(C(=O)OC(C)(C)C)c1cc(F)cc(F)c1N=O. The summed E-state index contributed by atoms with van der Waals surface area (Å²) in [6.45, 7) is 4.93. The molecule has 7 heteroatoms. The molecule has 0 spiro atoms. The second kappa shape index (κ2) is 5.29. The summed E-state index contributed by atoms with van der Waals surface area (Å²) in [6.07, 6.45) is -0.845. The third-order valence-electron chi connectivity index (χ3n) is 2.13. The van der Waals surface area contributed by atoms with Crippen LogP contribution in [0, 0.1) is 16.5 Å². The molecule has 0 fully saturated rings. The zero-order valence-electron chi connectivity index (χ0n) is 11.0. The van der Waals surface area contributed by atoms with E-state index in [-0.39, 0.29) is 5.69 Å². The minimum absolute atomic E-state index is 0.290. The number of hydrogen-bond acceptors (Lipinski definition) is 4. The number of nitrogens with zero attached hydrogens (tertiary/aromatic N) is 2. The Bertz CT molecular complexity index is 512. The maximum absolute atomic E-state index is 13.4. The molecule has 104 valence electrons. The average molecular weight is 272 g/mol. The smallest absolute Gasteiger partial charge is 0.414 e. The number of rotatable bonds is 2. The highest BCUT2D eigenvalue weighted by molar-refractivity contribution is 5.91. The summed E-state index contributed by atoms with van der Waals surface area (Å²) < 4.78 is 31.5. The van der Waals surface area contributed by atoms with E-state index in [1.165, 1.54) is 7.05 Å². The molecule has 0 radical (unpaired) electrons. The van der Waals surface area contributed by atoms with Crippen molar-refractivity contribution in [2.75, 3.05) is 11.9 Å². The van der Waals surface area contributed by atoms with Crippen LogP contribution < -0.4 is 4.90 Å². The van der Waals surface area contributed by atoms with Gasteiger partial charge < -0.3 is 4.74 Å². The summed E-state index contributed by atoms with van der Waals surface area (Å²) in [4.78, 5) is 23.2. The number of halogens is 2. The third-order valence-corrected chi connectivity index (χ3v) is 2.13. The Labute approximate surface area is 109 Å². The van der Waals surface area contributed by atoms with Crippen LogP contribution in [0.1, 0.15) is 20.8 Å². The molecule has 0 aliphatic rings. The number of amides is 1. The van der Waals surface area contributed by atoms with E-state index in [0.29, 0.717) is 6.07 Å². The van der Waals surface area contributed by atoms with Crippen molar-refractivity contribution < 1.29 is 18.3 Å². The van der Waals surface area contributed by atoms with Gasteiger partial charge in [0.25, 0.3) is 0 Å². The van der Waals surface area contributed by atoms with Crippen molar-refractivity contribution >= 4 is 17.5 Å². The molecule has 1 aromatic carbocycles. The summed E-state index contributed by atoms with van der Waals surface area (Å²) in [5, 5.41) is 2.47. The zero-order valence-corrected chi connectivity index (χ0v) is 11.0. The van der Waals surface area contributed by atoms with E-state index in [2.05, 4.69) is 5.18 Å². The Morgan fingerprint density at radius 1 is 1.32 bits per heavy atom. The predicted octanol–water partition coefficient (Wildman–Crippen LogP) is 3.73. The van der Waals surface area contributed by atoms with Crippen molar-refractivity contribution in [2.24, 2.45) is 5.18 Å². The minimum Gasteiger partial charge on any atom is -0.443 e. The van der Waals surface area contributed by atoms with E-state index >= 15 is 0 Å². The Balaban J connectivity index is 3.15. The molecule has 0 heterocycles. The van der Waals surface area contributed by atoms with E-state index < -0.39 is 29.0 Å². The van der Waals surface area contributed by atoms with Gasteiger partial charge in [-0.3, -0.25) is 4.90 Å². The van der Waals surface area contributed by atoms with E-state index in [9.17, 15) is 18.5 Å². The van der Waals surface area contributed by atoms with Crippen molar-refractivity contribution in [2.45, 2.75) is 26.4 Å². The van der Waals surface area contributed by atoms with Crippen LogP contribution in [0.15, 0.2) is 17.3 Å². The lowest BCUT2D eigenvalue weighted by molar-refractivity contribution is 0.0589. The first-order chi connectivity index (χ1) is 8.65. The molecule has 0 unspecified atom stereocenters. The van der Waals surface area contributed by atoms with Gasteiger partial charge in [0, 0.05) is 19.2 Å². The summed E-state index contributed by atoms with van der Waals surface area (Å²) in [7, 11) is 1.23. The van der Waals surface area contributed by atoms with Gasteiger partial charge in [-0.05, 0) is 25.9 Å². The number of benzene rings is 1. The first kappa shape index (κ1) is 15.0. The minimum atomic E-state index is -1.14. The lowest BCUT2D eigenvalue weighted by Crippen LogP contribution is -2.34.